The van der Waals surface area contributed by atoms with Gasteiger partial charge in [0.2, 0.25) is 0 Å². The Labute approximate surface area is 230 Å². The first-order valence-corrected chi connectivity index (χ1v) is 13.7. The van der Waals surface area contributed by atoms with Crippen LogP contribution in [0, 0.1) is 0 Å². The Morgan fingerprint density at radius 3 is 1.95 bits per heavy atom. The van der Waals surface area contributed by atoms with Crippen LogP contribution in [-0.4, -0.2) is 14.0 Å². The van der Waals surface area contributed by atoms with E-state index in [-0.39, 0.29) is 0 Å². The molecule has 0 aliphatic heterocycles. The van der Waals surface area contributed by atoms with E-state index >= 15 is 0 Å². The van der Waals surface area contributed by atoms with Gasteiger partial charge in [0.15, 0.2) is 0 Å². The third-order valence-corrected chi connectivity index (χ3v) is 8.25. The van der Waals surface area contributed by atoms with Crippen molar-refractivity contribution in [1.82, 2.24) is 14.0 Å². The van der Waals surface area contributed by atoms with Crippen LogP contribution in [0.1, 0.15) is 0 Å². The van der Waals surface area contributed by atoms with Gasteiger partial charge in [-0.25, -0.2) is 4.98 Å². The van der Waals surface area contributed by atoms with Gasteiger partial charge in [0.05, 0.1) is 27.6 Å². The lowest BCUT2D eigenvalue weighted by Crippen LogP contribution is -1.95. The standard InChI is InChI=1S/C37H23N3/c1-3-11-24(12-4-1)26-15-9-16-27(23-26)39-32-20-10-18-29-28-17-7-8-19-31(28)40-36-30(21-22-33(39)35(36)34(29)32)38-37(40)25-13-5-2-6-14-25/h1-23H. The summed E-state index contributed by atoms with van der Waals surface area (Å²) in [7, 11) is 0. The smallest absolute Gasteiger partial charge is 0.145 e. The zero-order valence-electron chi connectivity index (χ0n) is 21.6. The van der Waals surface area contributed by atoms with Gasteiger partial charge in [-0.05, 0) is 52.9 Å². The molecule has 0 saturated heterocycles. The highest BCUT2D eigenvalue weighted by Crippen LogP contribution is 2.43. The first kappa shape index (κ1) is 21.5. The van der Waals surface area contributed by atoms with Crippen LogP contribution in [0.25, 0.3) is 77.3 Å². The number of hydrogen-bond donors (Lipinski definition) is 0. The molecule has 9 aromatic rings. The Balaban J connectivity index is 1.49. The molecule has 0 fully saturated rings. The van der Waals surface area contributed by atoms with Crippen molar-refractivity contribution >= 4 is 49.1 Å². The van der Waals surface area contributed by atoms with Gasteiger partial charge in [0.1, 0.15) is 5.82 Å². The summed E-state index contributed by atoms with van der Waals surface area (Å²) in [6, 6.07) is 49.9. The van der Waals surface area contributed by atoms with Crippen LogP contribution < -0.4 is 0 Å². The predicted octanol–water partition coefficient (Wildman–Crippen LogP) is 9.51. The molecule has 0 saturated carbocycles. The Bertz CT molecular complexity index is 2360. The second-order valence-corrected chi connectivity index (χ2v) is 10.4. The van der Waals surface area contributed by atoms with Crippen LogP contribution in [-0.2, 0) is 0 Å². The van der Waals surface area contributed by atoms with E-state index in [0.29, 0.717) is 0 Å². The third-order valence-electron chi connectivity index (χ3n) is 8.25. The minimum atomic E-state index is 0.968. The van der Waals surface area contributed by atoms with Gasteiger partial charge in [-0.15, -0.1) is 0 Å². The monoisotopic (exact) mass is 509 g/mol. The topological polar surface area (TPSA) is 22.2 Å². The second kappa shape index (κ2) is 8.05. The van der Waals surface area contributed by atoms with Crippen molar-refractivity contribution in [2.45, 2.75) is 0 Å². The molecular formula is C37H23N3. The van der Waals surface area contributed by atoms with E-state index < -0.39 is 0 Å². The van der Waals surface area contributed by atoms with Crippen LogP contribution in [0.5, 0.6) is 0 Å². The highest BCUT2D eigenvalue weighted by Gasteiger charge is 2.23. The molecule has 0 atom stereocenters. The van der Waals surface area contributed by atoms with E-state index in [1.807, 2.05) is 0 Å². The van der Waals surface area contributed by atoms with Crippen molar-refractivity contribution in [3.05, 3.63) is 140 Å². The van der Waals surface area contributed by atoms with E-state index in [0.717, 1.165) is 33.6 Å². The molecule has 3 aromatic heterocycles. The van der Waals surface area contributed by atoms with Gasteiger partial charge in [0, 0.05) is 27.4 Å². The van der Waals surface area contributed by atoms with Gasteiger partial charge in [-0.2, -0.15) is 0 Å². The van der Waals surface area contributed by atoms with Crippen LogP contribution in [0.2, 0.25) is 0 Å². The lowest BCUT2D eigenvalue weighted by Gasteiger charge is -2.11. The fraction of sp³-hybridized carbons (Fsp3) is 0. The molecule has 9 rings (SSSR count). The van der Waals surface area contributed by atoms with Crippen molar-refractivity contribution in [3.63, 3.8) is 0 Å². The number of rotatable bonds is 3. The average Bonchev–Trinajstić information content (AvgIpc) is 3.54. The van der Waals surface area contributed by atoms with E-state index in [4.69, 9.17) is 4.98 Å². The first-order chi connectivity index (χ1) is 19.9. The van der Waals surface area contributed by atoms with Crippen LogP contribution >= 0.6 is 0 Å². The summed E-state index contributed by atoms with van der Waals surface area (Å²) in [5, 5.41) is 5.00. The van der Waals surface area contributed by atoms with Crippen LogP contribution in [0.4, 0.5) is 0 Å². The Morgan fingerprint density at radius 2 is 1.10 bits per heavy atom. The SMILES string of the molecule is c1ccc(-c2cccc(-n3c4cccc5c6ccccc6n6c(-c7ccccc7)nc7ccc3c(c54)c76)c2)cc1. The summed E-state index contributed by atoms with van der Waals surface area (Å²) in [6.07, 6.45) is 0. The van der Waals surface area contributed by atoms with Crippen molar-refractivity contribution in [2.75, 3.05) is 0 Å². The lowest BCUT2D eigenvalue weighted by molar-refractivity contribution is 1.18. The van der Waals surface area contributed by atoms with Gasteiger partial charge in [-0.1, -0.05) is 103 Å². The third kappa shape index (κ3) is 2.86. The number of benzene rings is 6. The second-order valence-electron chi connectivity index (χ2n) is 10.4. The molecular weight excluding hydrogens is 486 g/mol. The highest BCUT2D eigenvalue weighted by molar-refractivity contribution is 6.30. The summed E-state index contributed by atoms with van der Waals surface area (Å²) in [5.41, 5.74) is 10.4. The summed E-state index contributed by atoms with van der Waals surface area (Å²) in [6.45, 7) is 0. The number of imidazole rings is 1. The van der Waals surface area contributed by atoms with Crippen molar-refractivity contribution < 1.29 is 0 Å². The molecule has 0 spiro atoms. The molecule has 0 unspecified atom stereocenters. The number of aromatic nitrogens is 3. The van der Waals surface area contributed by atoms with Gasteiger partial charge >= 0.3 is 0 Å². The Hall–Kier alpha value is -5.41. The summed E-state index contributed by atoms with van der Waals surface area (Å²) >= 11 is 0. The molecule has 0 aliphatic carbocycles. The zero-order chi connectivity index (χ0) is 26.2. The zero-order valence-corrected chi connectivity index (χ0v) is 21.6. The summed E-state index contributed by atoms with van der Waals surface area (Å²) in [5.74, 6) is 0.968. The minimum absolute atomic E-state index is 0.968. The Morgan fingerprint density at radius 1 is 0.450 bits per heavy atom. The number of fused-ring (bicyclic) bond motifs is 3. The molecule has 0 aliphatic rings. The fourth-order valence-corrected chi connectivity index (χ4v) is 6.58. The molecule has 186 valence electrons. The normalized spacial score (nSPS) is 12.0. The van der Waals surface area contributed by atoms with E-state index in [1.54, 1.807) is 0 Å². The minimum Gasteiger partial charge on any atom is -0.309 e. The maximum Gasteiger partial charge on any atom is 0.145 e. The van der Waals surface area contributed by atoms with Crippen LogP contribution in [0.3, 0.4) is 0 Å². The van der Waals surface area contributed by atoms with Gasteiger partial charge < -0.3 is 4.57 Å². The molecule has 0 N–H and O–H groups in total. The molecule has 3 heteroatoms. The van der Waals surface area contributed by atoms with Gasteiger partial charge in [-0.3, -0.25) is 4.40 Å². The predicted molar refractivity (Wildman–Crippen MR) is 167 cm³/mol. The maximum atomic E-state index is 5.23. The van der Waals surface area contributed by atoms with E-state index in [2.05, 4.69) is 148 Å². The highest BCUT2D eigenvalue weighted by atomic mass is 15.0. The molecule has 0 amide bonds. The Kier molecular flexibility index (Phi) is 4.33. The summed E-state index contributed by atoms with van der Waals surface area (Å²) < 4.78 is 4.81. The first-order valence-electron chi connectivity index (χ1n) is 13.7. The maximum absolute atomic E-state index is 5.23. The molecule has 40 heavy (non-hydrogen) atoms. The average molecular weight is 510 g/mol. The molecule has 6 aromatic carbocycles. The molecule has 3 nitrogen and oxygen atoms in total. The quantitative estimate of drug-likeness (QED) is 0.232. The van der Waals surface area contributed by atoms with Crippen LogP contribution in [0.15, 0.2) is 140 Å². The number of hydrogen-bond acceptors (Lipinski definition) is 1. The largest absolute Gasteiger partial charge is 0.309 e. The summed E-state index contributed by atoms with van der Waals surface area (Å²) in [4.78, 5) is 5.23. The van der Waals surface area contributed by atoms with Crippen molar-refractivity contribution in [2.24, 2.45) is 0 Å². The number of para-hydroxylation sites is 1. The molecule has 0 bridgehead atoms. The van der Waals surface area contributed by atoms with Gasteiger partial charge in [0.25, 0.3) is 0 Å². The fourth-order valence-electron chi connectivity index (χ4n) is 6.58. The molecule has 3 heterocycles. The molecule has 0 radical (unpaired) electrons. The number of nitrogens with zero attached hydrogens (tertiary/aromatic N) is 3. The lowest BCUT2D eigenvalue weighted by atomic mass is 10.0. The van der Waals surface area contributed by atoms with E-state index in [9.17, 15) is 0 Å². The van der Waals surface area contributed by atoms with Crippen molar-refractivity contribution in [1.29, 1.82) is 0 Å². The van der Waals surface area contributed by atoms with E-state index in [1.165, 1.54) is 43.7 Å². The van der Waals surface area contributed by atoms with Crippen molar-refractivity contribution in [3.8, 4) is 28.2 Å².